The molecule has 0 aliphatic carbocycles. The standard InChI is InChI=1S/C24H24F2N4O2/c1-14(2)30-7-9-32-23-18(25)10-16(11-20(23)30)22-19(26)13-27-24(29-22)28-17-6-5-15-4-3-8-31-21(15)12-17/h5-6,10-14H,3-4,7-9H2,1-2H3,(H,27,28,29). The number of halogens is 2. The first-order valence-corrected chi connectivity index (χ1v) is 10.8. The monoisotopic (exact) mass is 438 g/mol. The van der Waals surface area contributed by atoms with Crippen LogP contribution in [0, 0.1) is 11.6 Å². The molecule has 1 aromatic heterocycles. The van der Waals surface area contributed by atoms with Crippen molar-refractivity contribution in [2.45, 2.75) is 32.7 Å². The van der Waals surface area contributed by atoms with E-state index < -0.39 is 11.6 Å². The van der Waals surface area contributed by atoms with Crippen LogP contribution in [0.2, 0.25) is 0 Å². The Morgan fingerprint density at radius 2 is 1.94 bits per heavy atom. The smallest absolute Gasteiger partial charge is 0.227 e. The fraction of sp³-hybridized carbons (Fsp3) is 0.333. The Morgan fingerprint density at radius 3 is 2.78 bits per heavy atom. The van der Waals surface area contributed by atoms with Crippen LogP contribution >= 0.6 is 0 Å². The van der Waals surface area contributed by atoms with Gasteiger partial charge in [-0.05, 0) is 50.5 Å². The number of rotatable bonds is 4. The molecule has 2 aromatic carbocycles. The van der Waals surface area contributed by atoms with Gasteiger partial charge in [-0.2, -0.15) is 0 Å². The van der Waals surface area contributed by atoms with Crippen molar-refractivity contribution in [3.8, 4) is 22.8 Å². The summed E-state index contributed by atoms with van der Waals surface area (Å²) in [5, 5.41) is 3.10. The molecule has 0 atom stereocenters. The minimum absolute atomic E-state index is 0.0210. The first-order valence-electron chi connectivity index (χ1n) is 10.8. The van der Waals surface area contributed by atoms with E-state index in [1.165, 1.54) is 6.07 Å². The molecule has 0 radical (unpaired) electrons. The fourth-order valence-electron chi connectivity index (χ4n) is 4.15. The van der Waals surface area contributed by atoms with Crippen LogP contribution in [-0.2, 0) is 6.42 Å². The Kier molecular flexibility index (Phi) is 5.28. The molecule has 2 aliphatic heterocycles. The second kappa shape index (κ2) is 8.26. The molecule has 0 unspecified atom stereocenters. The van der Waals surface area contributed by atoms with Crippen LogP contribution in [0.5, 0.6) is 11.5 Å². The van der Waals surface area contributed by atoms with Gasteiger partial charge in [0.05, 0.1) is 25.0 Å². The molecule has 0 saturated heterocycles. The lowest BCUT2D eigenvalue weighted by Crippen LogP contribution is -2.38. The van der Waals surface area contributed by atoms with Gasteiger partial charge in [0.1, 0.15) is 18.1 Å². The number of benzene rings is 2. The normalized spacial score (nSPS) is 15.0. The summed E-state index contributed by atoms with van der Waals surface area (Å²) >= 11 is 0. The molecule has 5 rings (SSSR count). The summed E-state index contributed by atoms with van der Waals surface area (Å²) in [7, 11) is 0. The Bertz CT molecular complexity index is 1170. The van der Waals surface area contributed by atoms with Gasteiger partial charge in [0.2, 0.25) is 5.95 Å². The second-order valence-electron chi connectivity index (χ2n) is 8.23. The number of fused-ring (bicyclic) bond motifs is 2. The molecule has 2 aliphatic rings. The first kappa shape index (κ1) is 20.5. The lowest BCUT2D eigenvalue weighted by atomic mass is 10.1. The first-order chi connectivity index (χ1) is 15.5. The molecule has 3 aromatic rings. The molecule has 8 heteroatoms. The van der Waals surface area contributed by atoms with Gasteiger partial charge >= 0.3 is 0 Å². The zero-order valence-corrected chi connectivity index (χ0v) is 18.0. The molecule has 0 amide bonds. The molecule has 0 fully saturated rings. The summed E-state index contributed by atoms with van der Waals surface area (Å²) in [6.07, 6.45) is 3.07. The molecule has 0 bridgehead atoms. The van der Waals surface area contributed by atoms with Gasteiger partial charge in [0, 0.05) is 23.4 Å². The van der Waals surface area contributed by atoms with Crippen molar-refractivity contribution in [1.29, 1.82) is 0 Å². The van der Waals surface area contributed by atoms with Crippen LogP contribution in [0.1, 0.15) is 25.8 Å². The highest BCUT2D eigenvalue weighted by Crippen LogP contribution is 2.39. The highest BCUT2D eigenvalue weighted by molar-refractivity contribution is 5.73. The SMILES string of the molecule is CC(C)N1CCOc2c(F)cc(-c3nc(Nc4ccc5c(c4)OCCC5)ncc3F)cc21. The largest absolute Gasteiger partial charge is 0.493 e. The van der Waals surface area contributed by atoms with Gasteiger partial charge in [0.15, 0.2) is 17.4 Å². The van der Waals surface area contributed by atoms with Gasteiger partial charge in [-0.25, -0.2) is 18.7 Å². The highest BCUT2D eigenvalue weighted by Gasteiger charge is 2.25. The Morgan fingerprint density at radius 1 is 1.06 bits per heavy atom. The number of aromatic nitrogens is 2. The minimum atomic E-state index is -0.628. The fourth-order valence-corrected chi connectivity index (χ4v) is 4.15. The predicted molar refractivity (Wildman–Crippen MR) is 119 cm³/mol. The Balaban J connectivity index is 1.49. The van der Waals surface area contributed by atoms with Crippen LogP contribution in [0.3, 0.4) is 0 Å². The maximum Gasteiger partial charge on any atom is 0.227 e. The average Bonchev–Trinajstić information content (AvgIpc) is 2.79. The minimum Gasteiger partial charge on any atom is -0.493 e. The Labute approximate surface area is 185 Å². The lowest BCUT2D eigenvalue weighted by molar-refractivity contribution is 0.287. The number of anilines is 3. The molecular formula is C24H24F2N4O2. The quantitative estimate of drug-likeness (QED) is 0.612. The van der Waals surface area contributed by atoms with E-state index in [0.717, 1.165) is 36.0 Å². The summed E-state index contributed by atoms with van der Waals surface area (Å²) in [5.74, 6) is 0.0654. The van der Waals surface area contributed by atoms with Crippen LogP contribution in [-0.4, -0.2) is 35.8 Å². The number of hydrogen-bond acceptors (Lipinski definition) is 6. The summed E-state index contributed by atoms with van der Waals surface area (Å²) in [4.78, 5) is 10.4. The number of hydrogen-bond donors (Lipinski definition) is 1. The van der Waals surface area contributed by atoms with Gasteiger partial charge in [0.25, 0.3) is 0 Å². The van der Waals surface area contributed by atoms with Gasteiger partial charge in [-0.3, -0.25) is 0 Å². The zero-order chi connectivity index (χ0) is 22.2. The van der Waals surface area contributed by atoms with Crippen molar-refractivity contribution >= 4 is 17.3 Å². The third-order valence-corrected chi connectivity index (χ3v) is 5.72. The molecule has 1 N–H and O–H groups in total. The van der Waals surface area contributed by atoms with E-state index in [2.05, 4.69) is 15.3 Å². The van der Waals surface area contributed by atoms with E-state index in [1.54, 1.807) is 6.07 Å². The average molecular weight is 438 g/mol. The summed E-state index contributed by atoms with van der Waals surface area (Å²) < 4.78 is 40.8. The molecule has 3 heterocycles. The molecule has 0 spiro atoms. The van der Waals surface area contributed by atoms with Crippen molar-refractivity contribution < 1.29 is 18.3 Å². The maximum absolute atomic E-state index is 14.8. The van der Waals surface area contributed by atoms with Gasteiger partial charge in [-0.1, -0.05) is 6.07 Å². The van der Waals surface area contributed by atoms with E-state index in [4.69, 9.17) is 9.47 Å². The molecule has 32 heavy (non-hydrogen) atoms. The predicted octanol–water partition coefficient (Wildman–Crippen LogP) is 5.10. The van der Waals surface area contributed by atoms with E-state index in [0.29, 0.717) is 31.0 Å². The molecular weight excluding hydrogens is 414 g/mol. The summed E-state index contributed by atoms with van der Waals surface area (Å²) in [6.45, 7) is 5.77. The van der Waals surface area contributed by atoms with Crippen LogP contribution < -0.4 is 19.7 Å². The third kappa shape index (κ3) is 3.81. The summed E-state index contributed by atoms with van der Waals surface area (Å²) in [5.41, 5.74) is 2.84. The van der Waals surface area contributed by atoms with E-state index >= 15 is 0 Å². The molecule has 166 valence electrons. The molecule has 6 nitrogen and oxygen atoms in total. The van der Waals surface area contributed by atoms with Crippen LogP contribution in [0.25, 0.3) is 11.3 Å². The lowest BCUT2D eigenvalue weighted by Gasteiger charge is -2.34. The number of nitrogens with zero attached hydrogens (tertiary/aromatic N) is 3. The second-order valence-corrected chi connectivity index (χ2v) is 8.23. The highest BCUT2D eigenvalue weighted by atomic mass is 19.1. The Hall–Kier alpha value is -3.42. The topological polar surface area (TPSA) is 59.5 Å². The van der Waals surface area contributed by atoms with Crippen molar-refractivity contribution in [2.24, 2.45) is 0 Å². The van der Waals surface area contributed by atoms with Gasteiger partial charge in [-0.15, -0.1) is 0 Å². The number of ether oxygens (including phenoxy) is 2. The van der Waals surface area contributed by atoms with Crippen molar-refractivity contribution in [3.05, 3.63) is 53.7 Å². The van der Waals surface area contributed by atoms with Crippen LogP contribution in [0.15, 0.2) is 36.5 Å². The van der Waals surface area contributed by atoms with E-state index in [9.17, 15) is 8.78 Å². The van der Waals surface area contributed by atoms with E-state index in [-0.39, 0.29) is 23.4 Å². The number of nitrogens with one attached hydrogen (secondary N) is 1. The van der Waals surface area contributed by atoms with Crippen molar-refractivity contribution in [1.82, 2.24) is 9.97 Å². The van der Waals surface area contributed by atoms with Crippen molar-refractivity contribution in [3.63, 3.8) is 0 Å². The maximum atomic E-state index is 14.8. The number of aryl methyl sites for hydroxylation is 1. The third-order valence-electron chi connectivity index (χ3n) is 5.72. The summed E-state index contributed by atoms with van der Waals surface area (Å²) in [6, 6.07) is 8.92. The van der Waals surface area contributed by atoms with Crippen LogP contribution in [0.4, 0.5) is 26.1 Å². The van der Waals surface area contributed by atoms with E-state index in [1.807, 2.05) is 36.9 Å². The molecule has 0 saturated carbocycles. The van der Waals surface area contributed by atoms with Gasteiger partial charge < -0.3 is 19.7 Å². The van der Waals surface area contributed by atoms with Crippen molar-refractivity contribution in [2.75, 3.05) is 30.0 Å². The zero-order valence-electron chi connectivity index (χ0n) is 18.0.